The molecule has 0 saturated heterocycles. The summed E-state index contributed by atoms with van der Waals surface area (Å²) in [6.45, 7) is 3.57. The molecule has 0 aromatic heterocycles. The zero-order chi connectivity index (χ0) is 21.3. The molecule has 0 aliphatic heterocycles. The molecular weight excluding hydrogens is 394 g/mol. The number of hydrazone groups is 1. The van der Waals surface area contributed by atoms with Crippen LogP contribution >= 0.6 is 0 Å². The number of nitrogens with zero attached hydrogens (tertiary/aromatic N) is 2. The predicted molar refractivity (Wildman–Crippen MR) is 111 cm³/mol. The number of ether oxygens (including phenoxy) is 2. The van der Waals surface area contributed by atoms with Crippen molar-refractivity contribution in [1.29, 1.82) is 0 Å². The van der Waals surface area contributed by atoms with Gasteiger partial charge in [-0.2, -0.15) is 9.41 Å². The Morgan fingerprint density at radius 3 is 2.59 bits per heavy atom. The summed E-state index contributed by atoms with van der Waals surface area (Å²) < 4.78 is 36.5. The fraction of sp³-hybridized carbons (Fsp3) is 0.200. The molecule has 9 heteroatoms. The molecule has 0 aliphatic rings. The molecule has 0 saturated carbocycles. The molecule has 2 rings (SSSR count). The molecule has 0 fully saturated rings. The lowest BCUT2D eigenvalue weighted by molar-refractivity contribution is -0.121. The highest BCUT2D eigenvalue weighted by molar-refractivity contribution is 7.89. The lowest BCUT2D eigenvalue weighted by Crippen LogP contribution is -2.36. The average Bonchev–Trinajstić information content (AvgIpc) is 2.73. The van der Waals surface area contributed by atoms with Gasteiger partial charge >= 0.3 is 0 Å². The van der Waals surface area contributed by atoms with Crippen molar-refractivity contribution in [3.8, 4) is 11.5 Å². The Morgan fingerprint density at radius 2 is 1.93 bits per heavy atom. The Morgan fingerprint density at radius 1 is 1.21 bits per heavy atom. The first kappa shape index (κ1) is 22.1. The lowest BCUT2D eigenvalue weighted by Gasteiger charge is -2.15. The van der Waals surface area contributed by atoms with Gasteiger partial charge in [0.05, 0.1) is 24.8 Å². The standard InChI is InChI=1S/C20H23N3O5S/c1-4-12-28-18-11-10-16(13-19(18)27-3)14-21-22-20(24)15-23(2)29(25,26)17-8-6-5-7-9-17/h4-11,13-14H,1,12,15H2,2-3H3,(H,22,24)/b21-14-. The second-order valence-electron chi connectivity index (χ2n) is 5.88. The molecular formula is C20H23N3O5S. The van der Waals surface area contributed by atoms with Crippen molar-refractivity contribution in [2.24, 2.45) is 5.10 Å². The number of methoxy groups -OCH3 is 1. The molecule has 0 atom stereocenters. The van der Waals surface area contributed by atoms with E-state index in [1.54, 1.807) is 42.5 Å². The topological polar surface area (TPSA) is 97.3 Å². The van der Waals surface area contributed by atoms with Gasteiger partial charge in [0.1, 0.15) is 6.61 Å². The van der Waals surface area contributed by atoms with Crippen LogP contribution in [0.25, 0.3) is 0 Å². The number of likely N-dealkylation sites (N-methyl/N-ethyl adjacent to an activating group) is 1. The predicted octanol–water partition coefficient (Wildman–Crippen LogP) is 2.03. The van der Waals surface area contributed by atoms with E-state index in [2.05, 4.69) is 17.1 Å². The summed E-state index contributed by atoms with van der Waals surface area (Å²) in [4.78, 5) is 12.1. The fourth-order valence-electron chi connectivity index (χ4n) is 2.31. The Bertz CT molecular complexity index is 975. The van der Waals surface area contributed by atoms with Crippen molar-refractivity contribution >= 4 is 22.1 Å². The molecule has 0 bridgehead atoms. The quantitative estimate of drug-likeness (QED) is 0.362. The molecule has 0 spiro atoms. The molecule has 2 aromatic carbocycles. The normalized spacial score (nSPS) is 11.4. The highest BCUT2D eigenvalue weighted by Crippen LogP contribution is 2.27. The van der Waals surface area contributed by atoms with Gasteiger partial charge in [0.15, 0.2) is 11.5 Å². The van der Waals surface area contributed by atoms with E-state index in [1.807, 2.05) is 0 Å². The van der Waals surface area contributed by atoms with Crippen molar-refractivity contribution in [3.63, 3.8) is 0 Å². The highest BCUT2D eigenvalue weighted by Gasteiger charge is 2.22. The third-order valence-electron chi connectivity index (χ3n) is 3.76. The summed E-state index contributed by atoms with van der Waals surface area (Å²) >= 11 is 0. The minimum Gasteiger partial charge on any atom is -0.493 e. The number of sulfonamides is 1. The summed E-state index contributed by atoms with van der Waals surface area (Å²) in [5, 5.41) is 3.86. The molecule has 1 amide bonds. The van der Waals surface area contributed by atoms with E-state index < -0.39 is 15.9 Å². The Hall–Kier alpha value is -3.17. The largest absolute Gasteiger partial charge is 0.493 e. The second-order valence-corrected chi connectivity index (χ2v) is 7.92. The molecule has 0 aliphatic carbocycles. The number of hydrogen-bond donors (Lipinski definition) is 1. The summed E-state index contributed by atoms with van der Waals surface area (Å²) in [6.07, 6.45) is 3.04. The van der Waals surface area contributed by atoms with Gasteiger partial charge in [-0.1, -0.05) is 30.9 Å². The smallest absolute Gasteiger partial charge is 0.255 e. The maximum absolute atomic E-state index is 12.4. The molecule has 29 heavy (non-hydrogen) atoms. The molecule has 2 aromatic rings. The third kappa shape index (κ3) is 6.16. The molecule has 0 heterocycles. The molecule has 0 radical (unpaired) electrons. The minimum absolute atomic E-state index is 0.115. The van der Waals surface area contributed by atoms with E-state index in [4.69, 9.17) is 9.47 Å². The first-order chi connectivity index (χ1) is 13.9. The number of carbonyl (C=O) groups is 1. The number of rotatable bonds is 10. The van der Waals surface area contributed by atoms with E-state index in [9.17, 15) is 13.2 Å². The van der Waals surface area contributed by atoms with Crippen LogP contribution in [0.5, 0.6) is 11.5 Å². The van der Waals surface area contributed by atoms with Crippen molar-refractivity contribution in [2.45, 2.75) is 4.90 Å². The Labute approximate surface area is 170 Å². The molecule has 8 nitrogen and oxygen atoms in total. The summed E-state index contributed by atoms with van der Waals surface area (Å²) in [7, 11) is -0.902. The first-order valence-electron chi connectivity index (χ1n) is 8.63. The zero-order valence-electron chi connectivity index (χ0n) is 16.2. The van der Waals surface area contributed by atoms with Gasteiger partial charge in [-0.05, 0) is 35.9 Å². The third-order valence-corrected chi connectivity index (χ3v) is 5.58. The fourth-order valence-corrected chi connectivity index (χ4v) is 3.45. The van der Waals surface area contributed by atoms with Gasteiger partial charge in [-0.15, -0.1) is 0 Å². The Kier molecular flexibility index (Phi) is 7.93. The van der Waals surface area contributed by atoms with E-state index in [0.29, 0.717) is 23.7 Å². The minimum atomic E-state index is -3.75. The van der Waals surface area contributed by atoms with E-state index in [0.717, 1.165) is 4.31 Å². The van der Waals surface area contributed by atoms with Crippen molar-refractivity contribution in [1.82, 2.24) is 9.73 Å². The van der Waals surface area contributed by atoms with Crippen LogP contribution in [0.4, 0.5) is 0 Å². The van der Waals surface area contributed by atoms with Crippen LogP contribution in [0.2, 0.25) is 0 Å². The van der Waals surface area contributed by atoms with Crippen molar-refractivity contribution in [2.75, 3.05) is 27.3 Å². The number of benzene rings is 2. The van der Waals surface area contributed by atoms with Crippen LogP contribution in [-0.4, -0.2) is 52.2 Å². The number of carbonyl (C=O) groups excluding carboxylic acids is 1. The van der Waals surface area contributed by atoms with Gasteiger partial charge in [0.25, 0.3) is 5.91 Å². The van der Waals surface area contributed by atoms with Crippen LogP contribution in [-0.2, 0) is 14.8 Å². The molecule has 0 unspecified atom stereocenters. The maximum Gasteiger partial charge on any atom is 0.255 e. The van der Waals surface area contributed by atoms with Crippen LogP contribution in [0.15, 0.2) is 71.2 Å². The summed E-state index contributed by atoms with van der Waals surface area (Å²) in [5.41, 5.74) is 2.98. The van der Waals surface area contributed by atoms with Gasteiger partial charge in [-0.3, -0.25) is 4.79 Å². The van der Waals surface area contributed by atoms with Gasteiger partial charge in [0.2, 0.25) is 10.0 Å². The maximum atomic E-state index is 12.4. The van der Waals surface area contributed by atoms with Crippen LogP contribution in [0, 0.1) is 0 Å². The van der Waals surface area contributed by atoms with Crippen molar-refractivity contribution < 1.29 is 22.7 Å². The summed E-state index contributed by atoms with van der Waals surface area (Å²) in [5.74, 6) is 0.498. The lowest BCUT2D eigenvalue weighted by atomic mass is 10.2. The van der Waals surface area contributed by atoms with Crippen LogP contribution in [0.3, 0.4) is 0 Å². The van der Waals surface area contributed by atoms with Gasteiger partial charge < -0.3 is 9.47 Å². The average molecular weight is 417 g/mol. The molecule has 154 valence electrons. The number of nitrogens with one attached hydrogen (secondary N) is 1. The van der Waals surface area contributed by atoms with E-state index >= 15 is 0 Å². The van der Waals surface area contributed by atoms with Gasteiger partial charge in [0, 0.05) is 7.05 Å². The van der Waals surface area contributed by atoms with Crippen LogP contribution in [0.1, 0.15) is 5.56 Å². The summed E-state index contributed by atoms with van der Waals surface area (Å²) in [6, 6.07) is 13.0. The van der Waals surface area contributed by atoms with Gasteiger partial charge in [-0.25, -0.2) is 13.8 Å². The number of hydrogen-bond acceptors (Lipinski definition) is 6. The monoisotopic (exact) mass is 417 g/mol. The molecule has 1 N–H and O–H groups in total. The van der Waals surface area contributed by atoms with Crippen LogP contribution < -0.4 is 14.9 Å². The first-order valence-corrected chi connectivity index (χ1v) is 10.1. The van der Waals surface area contributed by atoms with E-state index in [-0.39, 0.29) is 11.4 Å². The Balaban J connectivity index is 1.96. The second kappa shape index (κ2) is 10.4. The van der Waals surface area contributed by atoms with Crippen molar-refractivity contribution in [3.05, 3.63) is 66.7 Å². The number of amides is 1. The highest BCUT2D eigenvalue weighted by atomic mass is 32.2. The SMILES string of the molecule is C=CCOc1ccc(/C=N\NC(=O)CN(C)S(=O)(=O)c2ccccc2)cc1OC. The zero-order valence-corrected chi connectivity index (χ0v) is 17.1. The van der Waals surface area contributed by atoms with E-state index in [1.165, 1.54) is 32.5 Å².